The number of fused-ring (bicyclic) bond motifs is 1. The number of nitrogens with zero attached hydrogens (tertiary/aromatic N) is 6. The molecule has 0 unspecified atom stereocenters. The Labute approximate surface area is 153 Å². The van der Waals surface area contributed by atoms with E-state index in [1.807, 2.05) is 10.9 Å². The third kappa shape index (κ3) is 2.88. The van der Waals surface area contributed by atoms with E-state index in [9.17, 15) is 5.26 Å². The first kappa shape index (κ1) is 16.8. The van der Waals surface area contributed by atoms with Crippen LogP contribution in [0.1, 0.15) is 58.0 Å². The molecule has 1 aliphatic rings. The predicted octanol–water partition coefficient (Wildman–Crippen LogP) is 4.52. The molecule has 0 N–H and O–H groups in total. The third-order valence-electron chi connectivity index (χ3n) is 5.52. The van der Waals surface area contributed by atoms with Crippen molar-refractivity contribution in [2.45, 2.75) is 58.0 Å². The van der Waals surface area contributed by atoms with Gasteiger partial charge in [0.05, 0.1) is 30.4 Å². The van der Waals surface area contributed by atoms with Crippen molar-refractivity contribution in [3.8, 4) is 17.3 Å². The van der Waals surface area contributed by atoms with Crippen molar-refractivity contribution in [2.75, 3.05) is 0 Å². The van der Waals surface area contributed by atoms with Gasteiger partial charge in [-0.2, -0.15) is 10.4 Å². The van der Waals surface area contributed by atoms with Gasteiger partial charge in [0, 0.05) is 29.4 Å². The van der Waals surface area contributed by atoms with Crippen LogP contribution < -0.4 is 0 Å². The molecule has 0 radical (unpaired) electrons. The highest BCUT2D eigenvalue weighted by Crippen LogP contribution is 2.36. The molecule has 1 atom stereocenters. The number of nitriles is 1. The maximum Gasteiger partial charge on any atom is 0.144 e. The molecular formula is C20H24N6. The fraction of sp³-hybridized carbons (Fsp3) is 0.500. The van der Waals surface area contributed by atoms with Crippen LogP contribution in [0.5, 0.6) is 0 Å². The molecule has 3 aromatic heterocycles. The second kappa shape index (κ2) is 6.91. The molecule has 0 spiro atoms. The average Bonchev–Trinajstić information content (AvgIpc) is 3.39. The molecule has 26 heavy (non-hydrogen) atoms. The lowest BCUT2D eigenvalue weighted by Crippen LogP contribution is -2.17. The number of hydrogen-bond donors (Lipinski definition) is 0. The quantitative estimate of drug-likeness (QED) is 0.679. The van der Waals surface area contributed by atoms with Gasteiger partial charge in [0.25, 0.3) is 0 Å². The Kier molecular flexibility index (Phi) is 4.46. The van der Waals surface area contributed by atoms with E-state index in [0.29, 0.717) is 18.4 Å². The minimum Gasteiger partial charge on any atom is -0.330 e. The minimum atomic E-state index is 0.161. The maximum absolute atomic E-state index is 9.26. The zero-order valence-corrected chi connectivity index (χ0v) is 15.3. The van der Waals surface area contributed by atoms with Gasteiger partial charge < -0.3 is 4.57 Å². The summed E-state index contributed by atoms with van der Waals surface area (Å²) in [5.74, 6) is 0.551. The van der Waals surface area contributed by atoms with E-state index in [1.54, 1.807) is 6.33 Å². The van der Waals surface area contributed by atoms with Gasteiger partial charge in [-0.25, -0.2) is 9.97 Å². The van der Waals surface area contributed by atoms with Crippen molar-refractivity contribution in [1.29, 1.82) is 5.26 Å². The van der Waals surface area contributed by atoms with Crippen LogP contribution in [0.15, 0.2) is 31.0 Å². The van der Waals surface area contributed by atoms with Crippen LogP contribution in [0.25, 0.3) is 22.3 Å². The molecule has 0 aromatic carbocycles. The predicted molar refractivity (Wildman–Crippen MR) is 100 cm³/mol. The van der Waals surface area contributed by atoms with Gasteiger partial charge in [-0.15, -0.1) is 0 Å². The normalized spacial score (nSPS) is 16.4. The lowest BCUT2D eigenvalue weighted by molar-refractivity contribution is 0.315. The van der Waals surface area contributed by atoms with Gasteiger partial charge in [-0.05, 0) is 38.7 Å². The fourth-order valence-corrected chi connectivity index (χ4v) is 4.17. The Balaban J connectivity index is 1.72. The van der Waals surface area contributed by atoms with Gasteiger partial charge in [0.15, 0.2) is 0 Å². The highest BCUT2D eigenvalue weighted by atomic mass is 15.3. The summed E-state index contributed by atoms with van der Waals surface area (Å²) in [6.45, 7) is 4.29. The van der Waals surface area contributed by atoms with E-state index in [2.05, 4.69) is 58.0 Å². The largest absolute Gasteiger partial charge is 0.330 e. The highest BCUT2D eigenvalue weighted by molar-refractivity contribution is 5.90. The lowest BCUT2D eigenvalue weighted by Gasteiger charge is -2.21. The monoisotopic (exact) mass is 348 g/mol. The van der Waals surface area contributed by atoms with Crippen LogP contribution in [-0.2, 0) is 0 Å². The zero-order chi connectivity index (χ0) is 18.1. The number of rotatable bonds is 5. The van der Waals surface area contributed by atoms with Crippen LogP contribution in [0, 0.1) is 17.2 Å². The van der Waals surface area contributed by atoms with E-state index in [0.717, 1.165) is 22.3 Å². The van der Waals surface area contributed by atoms with Crippen molar-refractivity contribution < 1.29 is 0 Å². The van der Waals surface area contributed by atoms with Crippen LogP contribution in [0.4, 0.5) is 0 Å². The Morgan fingerprint density at radius 3 is 2.81 bits per heavy atom. The second-order valence-electron chi connectivity index (χ2n) is 7.46. The summed E-state index contributed by atoms with van der Waals surface area (Å²) < 4.78 is 4.14. The topological polar surface area (TPSA) is 72.3 Å². The van der Waals surface area contributed by atoms with Gasteiger partial charge in [-0.3, -0.25) is 4.68 Å². The van der Waals surface area contributed by atoms with Crippen molar-refractivity contribution in [3.63, 3.8) is 0 Å². The fourth-order valence-electron chi connectivity index (χ4n) is 4.17. The first-order valence-electron chi connectivity index (χ1n) is 9.42. The molecule has 4 rings (SSSR count). The lowest BCUT2D eigenvalue weighted by atomic mass is 9.96. The van der Waals surface area contributed by atoms with Crippen molar-refractivity contribution >= 4 is 11.0 Å². The molecule has 1 saturated carbocycles. The third-order valence-corrected chi connectivity index (χ3v) is 5.52. The van der Waals surface area contributed by atoms with Crippen molar-refractivity contribution in [1.82, 2.24) is 24.3 Å². The number of aromatic nitrogens is 5. The van der Waals surface area contributed by atoms with Gasteiger partial charge in [0.2, 0.25) is 0 Å². The molecule has 3 heterocycles. The summed E-state index contributed by atoms with van der Waals surface area (Å²) in [4.78, 5) is 8.99. The Morgan fingerprint density at radius 2 is 2.08 bits per heavy atom. The van der Waals surface area contributed by atoms with E-state index >= 15 is 0 Å². The standard InChI is InChI=1S/C20H24N6/c1-14(2)25-10-8-17-19(22-13-23-20(17)25)16-11-24-26(12-16)18(7-9-21)15-5-3-4-6-15/h8,10-15,18H,3-7H2,1-2H3/t18-/m1/s1. The molecule has 6 heteroatoms. The van der Waals surface area contributed by atoms with Crippen LogP contribution in [0.2, 0.25) is 0 Å². The molecule has 0 saturated heterocycles. The van der Waals surface area contributed by atoms with E-state index in [1.165, 1.54) is 25.7 Å². The van der Waals surface area contributed by atoms with Crippen molar-refractivity contribution in [3.05, 3.63) is 31.0 Å². The molecule has 0 aliphatic heterocycles. The molecule has 0 amide bonds. The number of hydrogen-bond acceptors (Lipinski definition) is 4. The smallest absolute Gasteiger partial charge is 0.144 e. The van der Waals surface area contributed by atoms with E-state index < -0.39 is 0 Å². The SMILES string of the molecule is CC(C)n1ccc2c(-c3cnn([C@H](CC#N)C4CCCC4)c3)ncnc21. The molecule has 134 valence electrons. The van der Waals surface area contributed by atoms with Gasteiger partial charge >= 0.3 is 0 Å². The van der Waals surface area contributed by atoms with Crippen LogP contribution in [0.3, 0.4) is 0 Å². The second-order valence-corrected chi connectivity index (χ2v) is 7.46. The molecule has 0 bridgehead atoms. The molecular weight excluding hydrogens is 324 g/mol. The Bertz CT molecular complexity index is 939. The van der Waals surface area contributed by atoms with E-state index in [4.69, 9.17) is 0 Å². The van der Waals surface area contributed by atoms with Crippen LogP contribution in [-0.4, -0.2) is 24.3 Å². The summed E-state index contributed by atoms with van der Waals surface area (Å²) in [5, 5.41) is 14.9. The Morgan fingerprint density at radius 1 is 1.27 bits per heavy atom. The first-order chi connectivity index (χ1) is 12.7. The summed E-state index contributed by atoms with van der Waals surface area (Å²) in [7, 11) is 0. The molecule has 3 aromatic rings. The van der Waals surface area contributed by atoms with Crippen molar-refractivity contribution in [2.24, 2.45) is 5.92 Å². The molecule has 1 aliphatic carbocycles. The highest BCUT2D eigenvalue weighted by Gasteiger charge is 2.27. The maximum atomic E-state index is 9.26. The summed E-state index contributed by atoms with van der Waals surface area (Å²) in [6.07, 6.45) is 13.0. The first-order valence-corrected chi connectivity index (χ1v) is 9.42. The zero-order valence-electron chi connectivity index (χ0n) is 15.3. The molecule has 6 nitrogen and oxygen atoms in total. The summed E-state index contributed by atoms with van der Waals surface area (Å²) in [6, 6.07) is 4.93. The summed E-state index contributed by atoms with van der Waals surface area (Å²) >= 11 is 0. The summed E-state index contributed by atoms with van der Waals surface area (Å²) in [5.41, 5.74) is 2.84. The molecule has 1 fully saturated rings. The van der Waals surface area contributed by atoms with Crippen LogP contribution >= 0.6 is 0 Å². The average molecular weight is 348 g/mol. The van der Waals surface area contributed by atoms with Gasteiger partial charge in [0.1, 0.15) is 12.0 Å². The minimum absolute atomic E-state index is 0.161. The Hall–Kier alpha value is -2.68. The van der Waals surface area contributed by atoms with E-state index in [-0.39, 0.29) is 6.04 Å². The van der Waals surface area contributed by atoms with Gasteiger partial charge in [-0.1, -0.05) is 12.8 Å².